The molecule has 0 aliphatic carbocycles. The number of carbonyl (C=O) groups is 2. The first-order chi connectivity index (χ1) is 21.7. The number of ketones is 1. The highest BCUT2D eigenvalue weighted by atomic mass is 16.5. The van der Waals surface area contributed by atoms with Crippen molar-refractivity contribution in [3.05, 3.63) is 83.0 Å². The molecule has 0 fully saturated rings. The highest BCUT2D eigenvalue weighted by Gasteiger charge is 2.14. The predicted molar refractivity (Wildman–Crippen MR) is 185 cm³/mol. The maximum absolute atomic E-state index is 13.2. The molecule has 2 aromatic carbocycles. The van der Waals surface area contributed by atoms with Gasteiger partial charge in [0.1, 0.15) is 30.5 Å². The molecular formula is C38H54N2O5. The van der Waals surface area contributed by atoms with Gasteiger partial charge >= 0.3 is 0 Å². The lowest BCUT2D eigenvalue weighted by Crippen LogP contribution is -2.33. The Morgan fingerprint density at radius 1 is 0.756 bits per heavy atom. The topological polar surface area (TPSA) is 77.1 Å². The normalized spacial score (nSPS) is 10.9. The summed E-state index contributed by atoms with van der Waals surface area (Å²) in [6, 6.07) is 12.6. The van der Waals surface area contributed by atoms with Crippen LogP contribution in [-0.4, -0.2) is 62.6 Å². The molecule has 0 spiro atoms. The molecule has 0 aliphatic rings. The van der Waals surface area contributed by atoms with Gasteiger partial charge in [-0.2, -0.15) is 0 Å². The van der Waals surface area contributed by atoms with E-state index in [4.69, 9.17) is 14.2 Å². The van der Waals surface area contributed by atoms with Gasteiger partial charge in [0, 0.05) is 12.6 Å². The molecule has 0 heterocycles. The van der Waals surface area contributed by atoms with Gasteiger partial charge in [0.05, 0.1) is 5.56 Å². The van der Waals surface area contributed by atoms with Crippen molar-refractivity contribution in [1.82, 2.24) is 10.2 Å². The largest absolute Gasteiger partial charge is 0.490 e. The summed E-state index contributed by atoms with van der Waals surface area (Å²) in [5.41, 5.74) is 3.57. The Balaban J connectivity index is 2.02. The van der Waals surface area contributed by atoms with Crippen LogP contribution in [0.1, 0.15) is 89.6 Å². The fourth-order valence-corrected chi connectivity index (χ4v) is 4.29. The fraction of sp³-hybridized carbons (Fsp3) is 0.474. The Hall–Kier alpha value is -3.84. The second-order valence-corrected chi connectivity index (χ2v) is 11.7. The molecule has 2 aromatic rings. The van der Waals surface area contributed by atoms with Crippen molar-refractivity contribution in [1.29, 1.82) is 0 Å². The summed E-state index contributed by atoms with van der Waals surface area (Å²) in [6.07, 6.45) is 12.9. The summed E-state index contributed by atoms with van der Waals surface area (Å²) in [6.45, 7) is 17.0. The number of hydrogen-bond acceptors (Lipinski definition) is 6. The van der Waals surface area contributed by atoms with E-state index in [2.05, 4.69) is 24.1 Å². The molecule has 0 saturated heterocycles. The van der Waals surface area contributed by atoms with Crippen LogP contribution in [-0.2, 0) is 4.79 Å². The van der Waals surface area contributed by atoms with E-state index in [0.29, 0.717) is 36.8 Å². The van der Waals surface area contributed by atoms with Crippen LogP contribution in [0.2, 0.25) is 0 Å². The minimum absolute atomic E-state index is 0.189. The van der Waals surface area contributed by atoms with Crippen molar-refractivity contribution in [2.45, 2.75) is 73.6 Å². The Labute approximate surface area is 271 Å². The third-order valence-corrected chi connectivity index (χ3v) is 7.00. The number of benzene rings is 2. The van der Waals surface area contributed by atoms with Gasteiger partial charge in [-0.25, -0.2) is 0 Å². The summed E-state index contributed by atoms with van der Waals surface area (Å²) in [4.78, 5) is 28.4. The van der Waals surface area contributed by atoms with E-state index >= 15 is 0 Å². The molecular weight excluding hydrogens is 564 g/mol. The van der Waals surface area contributed by atoms with Crippen molar-refractivity contribution < 1.29 is 23.8 Å². The monoisotopic (exact) mass is 618 g/mol. The Morgan fingerprint density at radius 3 is 1.93 bits per heavy atom. The number of nitrogens with zero attached hydrogens (tertiary/aromatic N) is 1. The Kier molecular flexibility index (Phi) is 18.1. The summed E-state index contributed by atoms with van der Waals surface area (Å²) in [5, 5.41) is 2.96. The zero-order chi connectivity index (χ0) is 32.9. The van der Waals surface area contributed by atoms with Crippen molar-refractivity contribution in [2.24, 2.45) is 0 Å². The Bertz CT molecular complexity index is 1250. The Morgan fingerprint density at radius 2 is 1.33 bits per heavy atom. The van der Waals surface area contributed by atoms with E-state index < -0.39 is 0 Å². The van der Waals surface area contributed by atoms with Crippen LogP contribution < -0.4 is 19.5 Å². The van der Waals surface area contributed by atoms with Crippen molar-refractivity contribution in [2.75, 3.05) is 46.0 Å². The third-order valence-electron chi connectivity index (χ3n) is 7.00. The number of carbonyl (C=O) groups excluding carboxylic acids is 2. The molecule has 45 heavy (non-hydrogen) atoms. The number of amides is 1. The van der Waals surface area contributed by atoms with Gasteiger partial charge in [0.2, 0.25) is 0 Å². The van der Waals surface area contributed by atoms with Crippen LogP contribution in [0.4, 0.5) is 0 Å². The van der Waals surface area contributed by atoms with E-state index in [9.17, 15) is 9.59 Å². The van der Waals surface area contributed by atoms with E-state index in [1.165, 1.54) is 37.3 Å². The molecule has 0 saturated carbocycles. The summed E-state index contributed by atoms with van der Waals surface area (Å²) >= 11 is 0. The molecule has 1 amide bonds. The second-order valence-electron chi connectivity index (χ2n) is 11.7. The first-order valence-electron chi connectivity index (χ1n) is 16.3. The number of allylic oxidation sites excluding steroid dienone is 3. The van der Waals surface area contributed by atoms with Crippen molar-refractivity contribution >= 4 is 17.8 Å². The first kappa shape index (κ1) is 37.3. The standard InChI is InChI=1S/C38H54N2O5/c1-7-9-23-40(24-10-8-2)25-11-22-39-38(42)29-45-37-28-34(44-27-21-31(5)6)17-18-35(37)36(41)19-14-32-12-15-33(16-13-32)43-26-20-30(3)4/h12-21,28H,7-11,22-27,29H2,1-6H3,(H,39,42)/b19-14+. The first-order valence-corrected chi connectivity index (χ1v) is 16.3. The highest BCUT2D eigenvalue weighted by molar-refractivity contribution is 6.08. The molecule has 0 atom stereocenters. The molecule has 7 nitrogen and oxygen atoms in total. The SMILES string of the molecule is CCCCN(CCCC)CCCNC(=O)COc1cc(OCC=C(C)C)ccc1C(=O)/C=C/c1ccc(OCC=C(C)C)cc1. The van der Waals surface area contributed by atoms with Crippen LogP contribution >= 0.6 is 0 Å². The minimum Gasteiger partial charge on any atom is -0.490 e. The number of ether oxygens (including phenoxy) is 3. The molecule has 7 heteroatoms. The van der Waals surface area contributed by atoms with Gasteiger partial charge in [-0.05, 0) is 115 Å². The maximum atomic E-state index is 13.2. The van der Waals surface area contributed by atoms with E-state index in [1.54, 1.807) is 24.3 Å². The molecule has 0 radical (unpaired) electrons. The van der Waals surface area contributed by atoms with E-state index in [0.717, 1.165) is 42.9 Å². The van der Waals surface area contributed by atoms with Gasteiger partial charge in [0.25, 0.3) is 5.91 Å². The summed E-state index contributed by atoms with van der Waals surface area (Å²) < 4.78 is 17.4. The van der Waals surface area contributed by atoms with Gasteiger partial charge < -0.3 is 24.4 Å². The molecule has 0 bridgehead atoms. The maximum Gasteiger partial charge on any atom is 0.257 e. The highest BCUT2D eigenvalue weighted by Crippen LogP contribution is 2.26. The third kappa shape index (κ3) is 16.2. The minimum atomic E-state index is -0.232. The zero-order valence-electron chi connectivity index (χ0n) is 28.3. The molecule has 2 rings (SSSR count). The van der Waals surface area contributed by atoms with Gasteiger partial charge in [0.15, 0.2) is 12.4 Å². The van der Waals surface area contributed by atoms with Gasteiger partial charge in [-0.3, -0.25) is 9.59 Å². The molecule has 246 valence electrons. The molecule has 0 aromatic heterocycles. The summed E-state index contributed by atoms with van der Waals surface area (Å²) in [5.74, 6) is 1.18. The number of rotatable bonds is 22. The molecule has 0 unspecified atom stereocenters. The van der Waals surface area contributed by atoms with Crippen LogP contribution in [0.5, 0.6) is 17.2 Å². The smallest absolute Gasteiger partial charge is 0.257 e. The quantitative estimate of drug-likeness (QED) is 0.0623. The van der Waals surface area contributed by atoms with Gasteiger partial charge in [-0.1, -0.05) is 56.0 Å². The van der Waals surface area contributed by atoms with Crippen LogP contribution in [0.3, 0.4) is 0 Å². The lowest BCUT2D eigenvalue weighted by Gasteiger charge is -2.21. The average Bonchev–Trinajstić information content (AvgIpc) is 3.02. The van der Waals surface area contributed by atoms with E-state index in [-0.39, 0.29) is 18.3 Å². The number of nitrogens with one attached hydrogen (secondary N) is 1. The molecule has 1 N–H and O–H groups in total. The lowest BCUT2D eigenvalue weighted by atomic mass is 10.1. The molecule has 0 aliphatic heterocycles. The predicted octanol–water partition coefficient (Wildman–Crippen LogP) is 8.06. The van der Waals surface area contributed by atoms with Crippen LogP contribution in [0.25, 0.3) is 6.08 Å². The zero-order valence-corrected chi connectivity index (χ0v) is 28.3. The van der Waals surface area contributed by atoms with Crippen molar-refractivity contribution in [3.63, 3.8) is 0 Å². The van der Waals surface area contributed by atoms with E-state index in [1.807, 2.05) is 64.1 Å². The second kappa shape index (κ2) is 21.8. The number of unbranched alkanes of at least 4 members (excludes halogenated alkanes) is 2. The van der Waals surface area contributed by atoms with Crippen LogP contribution in [0, 0.1) is 0 Å². The summed E-state index contributed by atoms with van der Waals surface area (Å²) in [7, 11) is 0. The average molecular weight is 619 g/mol. The van der Waals surface area contributed by atoms with Gasteiger partial charge in [-0.15, -0.1) is 0 Å². The van der Waals surface area contributed by atoms with Crippen LogP contribution in [0.15, 0.2) is 71.8 Å². The van der Waals surface area contributed by atoms with Crippen molar-refractivity contribution in [3.8, 4) is 17.2 Å². The lowest BCUT2D eigenvalue weighted by molar-refractivity contribution is -0.123. The number of hydrogen-bond donors (Lipinski definition) is 1. The fourth-order valence-electron chi connectivity index (χ4n) is 4.29.